The molecule has 86 valence electrons. The molecule has 1 aliphatic carbocycles. The molecule has 0 radical (unpaired) electrons. The summed E-state index contributed by atoms with van der Waals surface area (Å²) in [6.07, 6.45) is 0.857. The van der Waals surface area contributed by atoms with Crippen LogP contribution >= 0.6 is 0 Å². The number of nitrogens with one attached hydrogen (secondary N) is 1. The van der Waals surface area contributed by atoms with Crippen molar-refractivity contribution < 1.29 is 13.6 Å². The van der Waals surface area contributed by atoms with Gasteiger partial charge in [0.1, 0.15) is 5.82 Å². The molecule has 2 rings (SSSR count). The van der Waals surface area contributed by atoms with Gasteiger partial charge in [0.2, 0.25) is 11.8 Å². The highest BCUT2D eigenvalue weighted by Gasteiger charge is 2.48. The van der Waals surface area contributed by atoms with Crippen molar-refractivity contribution in [3.05, 3.63) is 23.9 Å². The van der Waals surface area contributed by atoms with Crippen molar-refractivity contribution in [1.29, 1.82) is 0 Å². The van der Waals surface area contributed by atoms with E-state index in [1.165, 1.54) is 0 Å². The number of aromatic nitrogens is 1. The fourth-order valence-electron chi connectivity index (χ4n) is 1.68. The Labute approximate surface area is 91.9 Å². The zero-order chi connectivity index (χ0) is 11.8. The molecule has 16 heavy (non-hydrogen) atoms. The van der Waals surface area contributed by atoms with Crippen LogP contribution in [0.4, 0.5) is 14.6 Å². The van der Waals surface area contributed by atoms with Crippen LogP contribution in [-0.2, 0) is 4.79 Å². The zero-order valence-corrected chi connectivity index (χ0v) is 8.84. The van der Waals surface area contributed by atoms with Crippen LogP contribution in [0.1, 0.15) is 18.4 Å². The number of hydrogen-bond donors (Lipinski definition) is 1. The van der Waals surface area contributed by atoms with Gasteiger partial charge in [-0.05, 0) is 24.6 Å². The Bertz CT molecular complexity index is 412. The number of carbonyl (C=O) groups excluding carboxylic acids is 1. The molecule has 0 unspecified atom stereocenters. The van der Waals surface area contributed by atoms with Crippen LogP contribution in [0.15, 0.2) is 18.3 Å². The predicted octanol–water partition coefficient (Wildman–Crippen LogP) is 2.37. The van der Waals surface area contributed by atoms with Gasteiger partial charge in [-0.2, -0.15) is 0 Å². The highest BCUT2D eigenvalue weighted by atomic mass is 19.3. The second-order valence-corrected chi connectivity index (χ2v) is 4.17. The maximum Gasteiger partial charge on any atom is 0.249 e. The molecule has 1 heterocycles. The first-order valence-corrected chi connectivity index (χ1v) is 5.08. The van der Waals surface area contributed by atoms with E-state index in [1.54, 1.807) is 18.3 Å². The van der Waals surface area contributed by atoms with Crippen molar-refractivity contribution in [2.75, 3.05) is 5.32 Å². The predicted molar refractivity (Wildman–Crippen MR) is 55.3 cm³/mol. The van der Waals surface area contributed by atoms with Gasteiger partial charge < -0.3 is 5.32 Å². The Morgan fingerprint density at radius 2 is 2.25 bits per heavy atom. The second kappa shape index (κ2) is 3.81. The molecule has 0 spiro atoms. The van der Waals surface area contributed by atoms with Gasteiger partial charge in [-0.15, -0.1) is 0 Å². The molecular formula is C11H12F2N2O. The van der Waals surface area contributed by atoms with Crippen molar-refractivity contribution in [2.45, 2.75) is 25.7 Å². The molecule has 1 aliphatic rings. The molecule has 1 saturated carbocycles. The summed E-state index contributed by atoms with van der Waals surface area (Å²) in [6.45, 7) is 1.87. The first-order valence-electron chi connectivity index (χ1n) is 5.08. The van der Waals surface area contributed by atoms with Gasteiger partial charge in [-0.1, -0.05) is 0 Å². The van der Waals surface area contributed by atoms with Gasteiger partial charge >= 0.3 is 0 Å². The van der Waals surface area contributed by atoms with Crippen LogP contribution in [0.2, 0.25) is 0 Å². The van der Waals surface area contributed by atoms with E-state index in [-0.39, 0.29) is 18.7 Å². The van der Waals surface area contributed by atoms with Crippen LogP contribution in [-0.4, -0.2) is 16.8 Å². The molecule has 0 bridgehead atoms. The van der Waals surface area contributed by atoms with E-state index in [4.69, 9.17) is 0 Å². The molecule has 0 aromatic carbocycles. The summed E-state index contributed by atoms with van der Waals surface area (Å²) in [4.78, 5) is 15.4. The lowest BCUT2D eigenvalue weighted by atomic mass is 9.81. The summed E-state index contributed by atoms with van der Waals surface area (Å²) in [5.41, 5.74) is 0.962. The molecule has 1 fully saturated rings. The normalized spacial score (nSPS) is 18.9. The average Bonchev–Trinajstić information content (AvgIpc) is 2.13. The lowest BCUT2D eigenvalue weighted by Gasteiger charge is -2.33. The number of anilines is 1. The minimum atomic E-state index is -2.66. The third-order valence-electron chi connectivity index (χ3n) is 2.63. The second-order valence-electron chi connectivity index (χ2n) is 4.17. The van der Waals surface area contributed by atoms with Crippen molar-refractivity contribution >= 4 is 11.7 Å². The lowest BCUT2D eigenvalue weighted by Crippen LogP contribution is -2.42. The zero-order valence-electron chi connectivity index (χ0n) is 8.84. The molecule has 1 amide bonds. The van der Waals surface area contributed by atoms with Crippen molar-refractivity contribution in [3.63, 3.8) is 0 Å². The van der Waals surface area contributed by atoms with Crippen molar-refractivity contribution in [2.24, 2.45) is 5.92 Å². The van der Waals surface area contributed by atoms with E-state index in [2.05, 4.69) is 10.3 Å². The number of aryl methyl sites for hydroxylation is 1. The lowest BCUT2D eigenvalue weighted by molar-refractivity contribution is -0.145. The number of hydrogen-bond acceptors (Lipinski definition) is 2. The molecule has 3 nitrogen and oxygen atoms in total. The molecule has 0 saturated heterocycles. The van der Waals surface area contributed by atoms with Crippen LogP contribution in [0.25, 0.3) is 0 Å². The maximum absolute atomic E-state index is 12.6. The summed E-state index contributed by atoms with van der Waals surface area (Å²) in [7, 11) is 0. The third-order valence-corrected chi connectivity index (χ3v) is 2.63. The quantitative estimate of drug-likeness (QED) is 0.841. The SMILES string of the molecule is Cc1ccnc(NC(=O)C2CC(F)(F)C2)c1. The van der Waals surface area contributed by atoms with Crippen molar-refractivity contribution in [1.82, 2.24) is 4.98 Å². The van der Waals surface area contributed by atoms with Gasteiger partial charge in [-0.3, -0.25) is 4.79 Å². The fourth-order valence-corrected chi connectivity index (χ4v) is 1.68. The molecule has 1 N–H and O–H groups in total. The first kappa shape index (κ1) is 11.0. The molecule has 0 aliphatic heterocycles. The van der Waals surface area contributed by atoms with Crippen LogP contribution in [0.3, 0.4) is 0 Å². The highest BCUT2D eigenvalue weighted by Crippen LogP contribution is 2.42. The first-order chi connectivity index (χ1) is 7.46. The Hall–Kier alpha value is -1.52. The number of carbonyl (C=O) groups is 1. The topological polar surface area (TPSA) is 42.0 Å². The Morgan fingerprint density at radius 3 is 2.81 bits per heavy atom. The standard InChI is InChI=1S/C11H12F2N2O/c1-7-2-3-14-9(4-7)15-10(16)8-5-11(12,13)6-8/h2-4,8H,5-6H2,1H3,(H,14,15,16). The summed E-state index contributed by atoms with van der Waals surface area (Å²) >= 11 is 0. The van der Waals surface area contributed by atoms with E-state index in [0.717, 1.165) is 5.56 Å². The molecule has 0 atom stereocenters. The monoisotopic (exact) mass is 226 g/mol. The van der Waals surface area contributed by atoms with Crippen LogP contribution in [0, 0.1) is 12.8 Å². The van der Waals surface area contributed by atoms with E-state index >= 15 is 0 Å². The maximum atomic E-state index is 12.6. The molecule has 1 aromatic heterocycles. The minimum absolute atomic E-state index is 0.356. The Kier molecular flexibility index (Phi) is 2.61. The van der Waals surface area contributed by atoms with Crippen molar-refractivity contribution in [3.8, 4) is 0 Å². The van der Waals surface area contributed by atoms with Gasteiger partial charge in [-0.25, -0.2) is 13.8 Å². The Balaban J connectivity index is 1.94. The number of rotatable bonds is 2. The summed E-state index contributed by atoms with van der Waals surface area (Å²) in [5.74, 6) is -3.20. The Morgan fingerprint density at radius 1 is 1.56 bits per heavy atom. The number of amides is 1. The van der Waals surface area contributed by atoms with Crippen LogP contribution < -0.4 is 5.32 Å². The molecule has 1 aromatic rings. The third kappa shape index (κ3) is 2.35. The number of alkyl halides is 2. The van der Waals surface area contributed by atoms with Crippen LogP contribution in [0.5, 0.6) is 0 Å². The number of nitrogens with zero attached hydrogens (tertiary/aromatic N) is 1. The summed E-state index contributed by atoms with van der Waals surface area (Å²) in [6, 6.07) is 3.50. The number of pyridine rings is 1. The number of halogens is 2. The molecular weight excluding hydrogens is 214 g/mol. The van der Waals surface area contributed by atoms with E-state index in [1.807, 2.05) is 6.92 Å². The summed E-state index contributed by atoms with van der Waals surface area (Å²) in [5, 5.41) is 2.54. The highest BCUT2D eigenvalue weighted by molar-refractivity contribution is 5.92. The smallest absolute Gasteiger partial charge is 0.249 e. The van der Waals surface area contributed by atoms with E-state index in [9.17, 15) is 13.6 Å². The van der Waals surface area contributed by atoms with Gasteiger partial charge in [0, 0.05) is 25.0 Å². The fraction of sp³-hybridized carbons (Fsp3) is 0.455. The molecule has 5 heteroatoms. The summed E-state index contributed by atoms with van der Waals surface area (Å²) < 4.78 is 25.1. The van der Waals surface area contributed by atoms with E-state index < -0.39 is 11.8 Å². The minimum Gasteiger partial charge on any atom is -0.310 e. The van der Waals surface area contributed by atoms with Gasteiger partial charge in [0.05, 0.1) is 0 Å². The average molecular weight is 226 g/mol. The van der Waals surface area contributed by atoms with E-state index in [0.29, 0.717) is 5.82 Å². The largest absolute Gasteiger partial charge is 0.310 e. The van der Waals surface area contributed by atoms with Gasteiger partial charge in [0.25, 0.3) is 0 Å². The van der Waals surface area contributed by atoms with Gasteiger partial charge in [0.15, 0.2) is 0 Å².